The molecule has 1 fully saturated rings. The molecule has 0 radical (unpaired) electrons. The predicted octanol–water partition coefficient (Wildman–Crippen LogP) is 3.25. The van der Waals surface area contributed by atoms with Gasteiger partial charge in [-0.05, 0) is 51.9 Å². The Kier molecular flexibility index (Phi) is 7.47. The van der Waals surface area contributed by atoms with Gasteiger partial charge in [0.15, 0.2) is 5.65 Å². The number of nitrogens with zero attached hydrogens (tertiary/aromatic N) is 4. The maximum Gasteiger partial charge on any atom is 0.160 e. The Bertz CT molecular complexity index is 1060. The van der Waals surface area contributed by atoms with Crippen molar-refractivity contribution in [3.63, 3.8) is 0 Å². The number of aliphatic hydroxyl groups is 1. The van der Waals surface area contributed by atoms with Gasteiger partial charge in [-0.2, -0.15) is 5.10 Å². The molecule has 33 heavy (non-hydrogen) atoms. The number of pyridine rings is 1. The molecule has 1 unspecified atom stereocenters. The Morgan fingerprint density at radius 2 is 2.06 bits per heavy atom. The van der Waals surface area contributed by atoms with Gasteiger partial charge in [-0.3, -0.25) is 0 Å². The Hall–Kier alpha value is -2.68. The number of hydrogen-bond acceptors (Lipinski definition) is 7. The number of benzene rings is 1. The molecule has 3 aromatic rings. The zero-order valence-electron chi connectivity index (χ0n) is 20.0. The highest BCUT2D eigenvalue weighted by molar-refractivity contribution is 5.92. The van der Waals surface area contributed by atoms with Crippen LogP contribution in [0.3, 0.4) is 0 Å². The van der Waals surface area contributed by atoms with Gasteiger partial charge in [-0.25, -0.2) is 9.67 Å². The summed E-state index contributed by atoms with van der Waals surface area (Å²) in [6.07, 6.45) is 3.38. The van der Waals surface area contributed by atoms with E-state index in [1.165, 1.54) is 0 Å². The van der Waals surface area contributed by atoms with E-state index in [9.17, 15) is 5.11 Å². The first-order valence-corrected chi connectivity index (χ1v) is 11.7. The van der Waals surface area contributed by atoms with E-state index in [-0.39, 0.29) is 12.6 Å². The molecule has 8 nitrogen and oxygen atoms in total. The van der Waals surface area contributed by atoms with Crippen LogP contribution in [-0.4, -0.2) is 72.5 Å². The van der Waals surface area contributed by atoms with E-state index >= 15 is 0 Å². The Labute approximate surface area is 195 Å². The van der Waals surface area contributed by atoms with Gasteiger partial charge >= 0.3 is 0 Å². The van der Waals surface area contributed by atoms with Gasteiger partial charge in [0, 0.05) is 44.5 Å². The highest BCUT2D eigenvalue weighted by Crippen LogP contribution is 2.34. The van der Waals surface area contributed by atoms with Crippen molar-refractivity contribution >= 4 is 16.7 Å². The zero-order valence-corrected chi connectivity index (χ0v) is 20.0. The largest absolute Gasteiger partial charge is 0.491 e. The minimum atomic E-state index is -0.562. The second-order valence-electron chi connectivity index (χ2n) is 8.95. The third-order valence-corrected chi connectivity index (χ3v) is 6.16. The number of ether oxygens (including phenoxy) is 2. The molecule has 0 spiro atoms. The third-order valence-electron chi connectivity index (χ3n) is 6.16. The summed E-state index contributed by atoms with van der Waals surface area (Å²) in [6.45, 7) is 6.54. The molecule has 0 aliphatic carbocycles. The van der Waals surface area contributed by atoms with Crippen LogP contribution in [0.25, 0.3) is 22.3 Å². The molecule has 1 aromatic carbocycles. The average molecular weight is 454 g/mol. The first kappa shape index (κ1) is 23.5. The molecule has 2 aromatic heterocycles. The molecule has 0 saturated carbocycles. The van der Waals surface area contributed by atoms with E-state index in [2.05, 4.69) is 42.3 Å². The van der Waals surface area contributed by atoms with Crippen molar-refractivity contribution in [2.75, 3.05) is 45.4 Å². The Morgan fingerprint density at radius 3 is 2.79 bits per heavy atom. The smallest absolute Gasteiger partial charge is 0.160 e. The number of hydrogen-bond donors (Lipinski definition) is 2. The summed E-state index contributed by atoms with van der Waals surface area (Å²) >= 11 is 0. The molecular weight excluding hydrogens is 418 g/mol. The van der Waals surface area contributed by atoms with Crippen LogP contribution in [0.4, 0.5) is 5.69 Å². The number of anilines is 1. The summed E-state index contributed by atoms with van der Waals surface area (Å²) in [7, 11) is 3.96. The molecule has 178 valence electrons. The predicted molar refractivity (Wildman–Crippen MR) is 131 cm³/mol. The minimum absolute atomic E-state index is 0.204. The summed E-state index contributed by atoms with van der Waals surface area (Å²) in [5.74, 6) is 0.709. The average Bonchev–Trinajstić information content (AvgIpc) is 3.27. The van der Waals surface area contributed by atoms with Crippen LogP contribution in [0.15, 0.2) is 36.5 Å². The van der Waals surface area contributed by atoms with E-state index in [4.69, 9.17) is 14.5 Å². The first-order chi connectivity index (χ1) is 16.0. The molecule has 4 rings (SSSR count). The third kappa shape index (κ3) is 5.29. The van der Waals surface area contributed by atoms with Crippen LogP contribution < -0.4 is 15.0 Å². The number of nitrogens with one attached hydrogen (secondary N) is 1. The molecule has 2 N–H and O–H groups in total. The van der Waals surface area contributed by atoms with Crippen molar-refractivity contribution in [3.05, 3.63) is 36.5 Å². The zero-order chi connectivity index (χ0) is 23.4. The lowest BCUT2D eigenvalue weighted by Crippen LogP contribution is -2.36. The molecule has 0 amide bonds. The van der Waals surface area contributed by atoms with Crippen molar-refractivity contribution in [2.24, 2.45) is 0 Å². The molecule has 1 aliphatic heterocycles. The monoisotopic (exact) mass is 453 g/mol. The van der Waals surface area contributed by atoms with Gasteiger partial charge in [0.25, 0.3) is 0 Å². The number of likely N-dealkylation sites (N-methyl/N-ethyl adjacent to an activating group) is 1. The Balaban J connectivity index is 1.71. The first-order valence-electron chi connectivity index (χ1n) is 11.7. The van der Waals surface area contributed by atoms with Crippen LogP contribution in [0.2, 0.25) is 0 Å². The second kappa shape index (κ2) is 10.5. The van der Waals surface area contributed by atoms with E-state index in [0.717, 1.165) is 54.0 Å². The molecular formula is C25H35N5O3. The van der Waals surface area contributed by atoms with Gasteiger partial charge in [-0.1, -0.05) is 12.1 Å². The molecule has 8 heteroatoms. The highest BCUT2D eigenvalue weighted by Gasteiger charge is 2.23. The summed E-state index contributed by atoms with van der Waals surface area (Å²) in [6, 6.07) is 10.7. The van der Waals surface area contributed by atoms with Crippen molar-refractivity contribution in [2.45, 2.75) is 44.9 Å². The van der Waals surface area contributed by atoms with Crippen LogP contribution >= 0.6 is 0 Å². The van der Waals surface area contributed by atoms with Gasteiger partial charge < -0.3 is 24.8 Å². The van der Waals surface area contributed by atoms with Gasteiger partial charge in [-0.15, -0.1) is 0 Å². The second-order valence-corrected chi connectivity index (χ2v) is 8.95. The fourth-order valence-corrected chi connectivity index (χ4v) is 4.32. The van der Waals surface area contributed by atoms with Gasteiger partial charge in [0.05, 0.1) is 23.0 Å². The van der Waals surface area contributed by atoms with Gasteiger partial charge in [0.1, 0.15) is 18.5 Å². The SMILES string of the molecule is CNCC(O)COc1cccc(-c2cc(N(C)C3CCOCC3)c3cnn(C(C)C)c3n2)c1. The molecule has 1 saturated heterocycles. The quantitative estimate of drug-likeness (QED) is 0.514. The summed E-state index contributed by atoms with van der Waals surface area (Å²) < 4.78 is 13.4. The van der Waals surface area contributed by atoms with Crippen LogP contribution in [0.5, 0.6) is 5.75 Å². The number of aliphatic hydroxyl groups excluding tert-OH is 1. The van der Waals surface area contributed by atoms with Crippen molar-refractivity contribution in [3.8, 4) is 17.0 Å². The highest BCUT2D eigenvalue weighted by atomic mass is 16.5. The van der Waals surface area contributed by atoms with E-state index in [0.29, 0.717) is 18.3 Å². The van der Waals surface area contributed by atoms with Crippen molar-refractivity contribution < 1.29 is 14.6 Å². The lowest BCUT2D eigenvalue weighted by Gasteiger charge is -2.33. The molecule has 1 aliphatic rings. The normalized spacial score (nSPS) is 15.8. The summed E-state index contributed by atoms with van der Waals surface area (Å²) in [5, 5.41) is 18.6. The number of aromatic nitrogens is 3. The minimum Gasteiger partial charge on any atom is -0.491 e. The maximum atomic E-state index is 9.97. The van der Waals surface area contributed by atoms with Crippen LogP contribution in [-0.2, 0) is 4.74 Å². The van der Waals surface area contributed by atoms with Crippen molar-refractivity contribution in [1.82, 2.24) is 20.1 Å². The van der Waals surface area contributed by atoms with Crippen LogP contribution in [0, 0.1) is 0 Å². The number of fused-ring (bicyclic) bond motifs is 1. The van der Waals surface area contributed by atoms with Gasteiger partial charge in [0.2, 0.25) is 0 Å². The molecule has 3 heterocycles. The fourth-order valence-electron chi connectivity index (χ4n) is 4.32. The topological polar surface area (TPSA) is 84.7 Å². The van der Waals surface area contributed by atoms with Crippen molar-refractivity contribution in [1.29, 1.82) is 0 Å². The van der Waals surface area contributed by atoms with Crippen LogP contribution in [0.1, 0.15) is 32.7 Å². The Morgan fingerprint density at radius 1 is 1.27 bits per heavy atom. The van der Waals surface area contributed by atoms with E-state index < -0.39 is 6.10 Å². The summed E-state index contributed by atoms with van der Waals surface area (Å²) in [5.41, 5.74) is 3.85. The maximum absolute atomic E-state index is 9.97. The lowest BCUT2D eigenvalue weighted by atomic mass is 10.0. The lowest BCUT2D eigenvalue weighted by molar-refractivity contribution is 0.0855. The summed E-state index contributed by atoms with van der Waals surface area (Å²) in [4.78, 5) is 7.37. The standard InChI is InChI=1S/C25H35N5O3/c1-17(2)30-25-22(15-27-30)24(29(4)19-8-10-32-11-9-19)13-23(28-25)18-6-5-7-21(12-18)33-16-20(31)14-26-3/h5-7,12-13,15,17,19-20,26,31H,8-11,14,16H2,1-4H3. The number of rotatable bonds is 9. The molecule has 0 bridgehead atoms. The fraction of sp³-hybridized carbons (Fsp3) is 0.520. The van der Waals surface area contributed by atoms with E-state index in [1.807, 2.05) is 42.2 Å². The van der Waals surface area contributed by atoms with E-state index in [1.54, 1.807) is 0 Å². The molecule has 1 atom stereocenters.